The molecule has 2 heterocycles. The second kappa shape index (κ2) is 10.2. The Balaban J connectivity index is 1.57. The van der Waals surface area contributed by atoms with Crippen LogP contribution in [-0.2, 0) is 0 Å². The molecule has 10 heteroatoms. The molecule has 8 nitrogen and oxygen atoms in total. The maximum atomic E-state index is 12.5. The zero-order valence-corrected chi connectivity index (χ0v) is 19.2. The van der Waals surface area contributed by atoms with Crippen molar-refractivity contribution in [1.29, 1.82) is 0 Å². The Hall–Kier alpha value is -3.82. The first-order valence-corrected chi connectivity index (χ1v) is 10.9. The van der Waals surface area contributed by atoms with Crippen LogP contribution in [0.4, 0.5) is 10.1 Å². The zero-order chi connectivity index (χ0) is 23.2. The fourth-order valence-electron chi connectivity index (χ4n) is 2.92. The van der Waals surface area contributed by atoms with Crippen LogP contribution in [0.2, 0.25) is 5.02 Å². The van der Waals surface area contributed by atoms with E-state index in [9.17, 15) is 4.79 Å². The van der Waals surface area contributed by atoms with Crippen LogP contribution in [0.1, 0.15) is 16.1 Å². The van der Waals surface area contributed by atoms with E-state index in [1.807, 2.05) is 18.2 Å². The predicted octanol–water partition coefficient (Wildman–Crippen LogP) is 5.77. The Bertz CT molecular complexity index is 1270. The number of amides is 1. The minimum atomic E-state index is -0.376. The van der Waals surface area contributed by atoms with Crippen molar-refractivity contribution in [2.45, 2.75) is 0 Å². The van der Waals surface area contributed by atoms with Crippen molar-refractivity contribution < 1.29 is 18.7 Å². The summed E-state index contributed by atoms with van der Waals surface area (Å²) >= 11 is 7.26. The van der Waals surface area contributed by atoms with E-state index in [0.29, 0.717) is 32.3 Å². The zero-order valence-electron chi connectivity index (χ0n) is 17.7. The van der Waals surface area contributed by atoms with E-state index in [0.717, 1.165) is 11.1 Å². The monoisotopic (exact) mass is 482 g/mol. The van der Waals surface area contributed by atoms with E-state index in [4.69, 9.17) is 25.5 Å². The number of carbonyl (C=O) groups excluding carboxylic acids is 1. The van der Waals surface area contributed by atoms with E-state index in [-0.39, 0.29) is 11.7 Å². The van der Waals surface area contributed by atoms with Crippen LogP contribution in [0.15, 0.2) is 70.4 Å². The Morgan fingerprint density at radius 1 is 1.12 bits per heavy atom. The molecule has 0 spiro atoms. The van der Waals surface area contributed by atoms with Gasteiger partial charge < -0.3 is 19.2 Å². The lowest BCUT2D eigenvalue weighted by Gasteiger charge is -2.07. The van der Waals surface area contributed by atoms with Gasteiger partial charge in [-0.25, -0.2) is 4.98 Å². The summed E-state index contributed by atoms with van der Waals surface area (Å²) in [6.07, 6.45) is 3.07. The van der Waals surface area contributed by atoms with E-state index >= 15 is 0 Å². The summed E-state index contributed by atoms with van der Waals surface area (Å²) < 4.78 is 15.7. The molecule has 0 bridgehead atoms. The number of thiazole rings is 1. The number of furan rings is 1. The summed E-state index contributed by atoms with van der Waals surface area (Å²) in [6.45, 7) is 0. The van der Waals surface area contributed by atoms with Gasteiger partial charge in [-0.2, -0.15) is 5.10 Å². The molecule has 0 aliphatic carbocycles. The van der Waals surface area contributed by atoms with Crippen LogP contribution in [-0.4, -0.2) is 31.3 Å². The van der Waals surface area contributed by atoms with Gasteiger partial charge in [0.05, 0.1) is 26.7 Å². The van der Waals surface area contributed by atoms with Crippen LogP contribution in [0.3, 0.4) is 0 Å². The van der Waals surface area contributed by atoms with Crippen LogP contribution in [0.25, 0.3) is 11.3 Å². The summed E-state index contributed by atoms with van der Waals surface area (Å²) in [7, 11) is 3.15. The third-order valence-corrected chi connectivity index (χ3v) is 5.63. The first-order chi connectivity index (χ1) is 16.1. The van der Waals surface area contributed by atoms with Gasteiger partial charge in [0.2, 0.25) is 5.13 Å². The van der Waals surface area contributed by atoms with Gasteiger partial charge in [0.1, 0.15) is 10.7 Å². The van der Waals surface area contributed by atoms with Crippen LogP contribution in [0, 0.1) is 0 Å². The molecule has 2 aromatic carbocycles. The number of hydrogen-bond acceptors (Lipinski definition) is 8. The number of anilines is 2. The van der Waals surface area contributed by atoms with Gasteiger partial charge in [-0.3, -0.25) is 10.2 Å². The number of ether oxygens (including phenoxy) is 2. The molecular formula is C23H19ClN4O4S. The van der Waals surface area contributed by atoms with Crippen molar-refractivity contribution in [1.82, 2.24) is 4.98 Å². The molecule has 168 valence electrons. The number of carbonyl (C=O) groups is 1. The molecule has 0 radical (unpaired) electrons. The number of hydrogen-bond donors (Lipinski definition) is 2. The SMILES string of the molecule is COc1ccc(/C=N/Nc2nc(-c3ccc(Cl)cc3)c(NC(=O)c3ccco3)s2)cc1OC. The number of benzene rings is 2. The lowest BCUT2D eigenvalue weighted by Crippen LogP contribution is -2.10. The quantitative estimate of drug-likeness (QED) is 0.244. The highest BCUT2D eigenvalue weighted by Crippen LogP contribution is 2.36. The van der Waals surface area contributed by atoms with E-state index in [2.05, 4.69) is 20.8 Å². The average Bonchev–Trinajstić information content (AvgIpc) is 3.50. The number of methoxy groups -OCH3 is 2. The summed E-state index contributed by atoms with van der Waals surface area (Å²) in [6, 6.07) is 15.9. The van der Waals surface area contributed by atoms with Gasteiger partial charge in [-0.1, -0.05) is 35.1 Å². The minimum absolute atomic E-state index is 0.200. The summed E-state index contributed by atoms with van der Waals surface area (Å²) in [4.78, 5) is 17.1. The van der Waals surface area contributed by atoms with E-state index < -0.39 is 0 Å². The van der Waals surface area contributed by atoms with Gasteiger partial charge in [0.25, 0.3) is 5.91 Å². The number of nitrogens with zero attached hydrogens (tertiary/aromatic N) is 2. The molecule has 2 N–H and O–H groups in total. The molecule has 33 heavy (non-hydrogen) atoms. The van der Waals surface area contributed by atoms with Gasteiger partial charge >= 0.3 is 0 Å². The molecule has 0 saturated heterocycles. The second-order valence-corrected chi connectivity index (χ2v) is 8.05. The van der Waals surface area contributed by atoms with Crippen molar-refractivity contribution >= 4 is 45.2 Å². The van der Waals surface area contributed by atoms with Gasteiger partial charge in [0, 0.05) is 10.6 Å². The highest BCUT2D eigenvalue weighted by molar-refractivity contribution is 7.20. The Morgan fingerprint density at radius 2 is 1.91 bits per heavy atom. The van der Waals surface area contributed by atoms with Crippen molar-refractivity contribution in [3.05, 3.63) is 77.2 Å². The van der Waals surface area contributed by atoms with Crippen LogP contribution < -0.4 is 20.2 Å². The number of nitrogens with one attached hydrogen (secondary N) is 2. The number of halogens is 1. The molecule has 0 saturated carbocycles. The predicted molar refractivity (Wildman–Crippen MR) is 130 cm³/mol. The molecule has 0 aliphatic rings. The molecule has 0 fully saturated rings. The lowest BCUT2D eigenvalue weighted by atomic mass is 10.1. The Kier molecular flexibility index (Phi) is 6.92. The highest BCUT2D eigenvalue weighted by atomic mass is 35.5. The standard InChI is InChI=1S/C23H19ClN4O4S/c1-30-17-10-5-14(12-19(17)31-2)13-25-28-23-26-20(15-6-8-16(24)9-7-15)22(33-23)27-21(29)18-4-3-11-32-18/h3-13H,1-2H3,(H,26,28)(H,27,29)/b25-13+. The fraction of sp³-hybridized carbons (Fsp3) is 0.0870. The van der Waals surface area contributed by atoms with Crippen LogP contribution in [0.5, 0.6) is 11.5 Å². The molecule has 1 amide bonds. The third kappa shape index (κ3) is 5.33. The molecule has 4 rings (SSSR count). The number of hydrazone groups is 1. The van der Waals surface area contributed by atoms with Crippen molar-refractivity contribution in [3.63, 3.8) is 0 Å². The summed E-state index contributed by atoms with van der Waals surface area (Å²) in [5, 5.41) is 8.75. The van der Waals surface area contributed by atoms with Crippen molar-refractivity contribution in [2.75, 3.05) is 25.0 Å². The second-order valence-electron chi connectivity index (χ2n) is 6.62. The van der Waals surface area contributed by atoms with Crippen molar-refractivity contribution in [2.24, 2.45) is 5.10 Å². The molecule has 0 atom stereocenters. The summed E-state index contributed by atoms with van der Waals surface area (Å²) in [5.41, 5.74) is 5.10. The molecule has 4 aromatic rings. The largest absolute Gasteiger partial charge is 0.493 e. The lowest BCUT2D eigenvalue weighted by molar-refractivity contribution is 0.0997. The van der Waals surface area contributed by atoms with Crippen LogP contribution >= 0.6 is 22.9 Å². The van der Waals surface area contributed by atoms with Gasteiger partial charge in [-0.15, -0.1) is 0 Å². The fourth-order valence-corrected chi connectivity index (χ4v) is 3.88. The van der Waals surface area contributed by atoms with Gasteiger partial charge in [-0.05, 0) is 48.0 Å². The van der Waals surface area contributed by atoms with Crippen molar-refractivity contribution in [3.8, 4) is 22.8 Å². The maximum absolute atomic E-state index is 12.5. The topological polar surface area (TPSA) is 98.0 Å². The smallest absolute Gasteiger partial charge is 0.292 e. The molecular weight excluding hydrogens is 464 g/mol. The minimum Gasteiger partial charge on any atom is -0.493 e. The maximum Gasteiger partial charge on any atom is 0.292 e. The Morgan fingerprint density at radius 3 is 2.61 bits per heavy atom. The molecule has 0 unspecified atom stereocenters. The first-order valence-electron chi connectivity index (χ1n) is 9.70. The summed E-state index contributed by atoms with van der Waals surface area (Å²) in [5.74, 6) is 1.06. The highest BCUT2D eigenvalue weighted by Gasteiger charge is 2.18. The number of rotatable bonds is 8. The normalized spacial score (nSPS) is 10.9. The van der Waals surface area contributed by atoms with Gasteiger partial charge in [0.15, 0.2) is 17.3 Å². The number of aromatic nitrogens is 1. The van der Waals surface area contributed by atoms with E-state index in [1.54, 1.807) is 56.8 Å². The average molecular weight is 483 g/mol. The first kappa shape index (κ1) is 22.4. The third-order valence-electron chi connectivity index (χ3n) is 4.50. The molecule has 0 aliphatic heterocycles. The molecule has 2 aromatic heterocycles. The van der Waals surface area contributed by atoms with E-state index in [1.165, 1.54) is 17.6 Å². The Labute approximate surface area is 198 Å².